The molecule has 9 nitrogen and oxygen atoms in total. The largest absolute Gasteiger partial charge is 0.352 e. The average Bonchev–Trinajstić information content (AvgIpc) is 3.20. The van der Waals surface area contributed by atoms with Gasteiger partial charge in [-0.15, -0.1) is 0 Å². The van der Waals surface area contributed by atoms with Crippen molar-refractivity contribution in [1.29, 1.82) is 0 Å². The van der Waals surface area contributed by atoms with Crippen LogP contribution in [-0.4, -0.2) is 41.4 Å². The third-order valence-corrected chi connectivity index (χ3v) is 4.55. The van der Waals surface area contributed by atoms with E-state index >= 15 is 0 Å². The van der Waals surface area contributed by atoms with Gasteiger partial charge in [-0.25, -0.2) is 19.6 Å². The van der Waals surface area contributed by atoms with Gasteiger partial charge >= 0.3 is 0 Å². The maximum Gasteiger partial charge on any atom is 0.291 e. The summed E-state index contributed by atoms with van der Waals surface area (Å²) < 4.78 is 26.3. The molecule has 0 radical (unpaired) electrons. The number of halogens is 2. The van der Waals surface area contributed by atoms with E-state index < -0.39 is 11.3 Å². The number of carbonyl (C=O) groups is 1. The number of nitrogens with one attached hydrogen (secondary N) is 2. The van der Waals surface area contributed by atoms with E-state index in [1.54, 1.807) is 19.2 Å². The first kappa shape index (κ1) is 20.6. The Morgan fingerprint density at radius 1 is 1.38 bits per heavy atom. The van der Waals surface area contributed by atoms with Gasteiger partial charge in [-0.3, -0.25) is 9.59 Å². The number of H-pyrrole nitrogens is 1. The Morgan fingerprint density at radius 2 is 2.21 bits per heavy atom. The first-order valence-corrected chi connectivity index (χ1v) is 9.41. The zero-order valence-corrected chi connectivity index (χ0v) is 16.1. The monoisotopic (exact) mass is 421 g/mol. The van der Waals surface area contributed by atoms with Crippen LogP contribution in [0.2, 0.25) is 0 Å². The summed E-state index contributed by atoms with van der Waals surface area (Å²) in [4.78, 5) is 38.5. The molecule has 3 aromatic rings. The zero-order valence-electron chi connectivity index (χ0n) is 15.3. The molecule has 12 heteroatoms. The minimum absolute atomic E-state index is 0.0669. The highest BCUT2D eigenvalue weighted by Gasteiger charge is 2.13. The predicted molar refractivity (Wildman–Crippen MR) is 101 cm³/mol. The summed E-state index contributed by atoms with van der Waals surface area (Å²) in [5.74, 6) is -2.32. The number of pyridine rings is 1. The summed E-state index contributed by atoms with van der Waals surface area (Å²) in [6, 6.07) is 3.56. The lowest BCUT2D eigenvalue weighted by Gasteiger charge is -2.08. The number of aromatic nitrogens is 6. The molecular formula is C17H17F2N7O2S. The summed E-state index contributed by atoms with van der Waals surface area (Å²) in [5, 5.41) is 6.59. The fourth-order valence-electron chi connectivity index (χ4n) is 2.53. The molecule has 0 bridgehead atoms. The molecule has 0 aliphatic carbocycles. The first-order valence-electron chi connectivity index (χ1n) is 8.53. The molecule has 0 saturated carbocycles. The van der Waals surface area contributed by atoms with Crippen LogP contribution in [0.1, 0.15) is 23.2 Å². The van der Waals surface area contributed by atoms with E-state index in [4.69, 9.17) is 0 Å². The van der Waals surface area contributed by atoms with E-state index in [9.17, 15) is 18.4 Å². The maximum absolute atomic E-state index is 12.4. The Bertz CT molecular complexity index is 1020. The first-order chi connectivity index (χ1) is 13.9. The van der Waals surface area contributed by atoms with Crippen molar-refractivity contribution in [3.05, 3.63) is 58.2 Å². The van der Waals surface area contributed by atoms with E-state index in [1.165, 1.54) is 17.3 Å². The number of hydrogen-bond donors (Lipinski definition) is 2. The highest BCUT2D eigenvalue weighted by molar-refractivity contribution is 7.99. The minimum Gasteiger partial charge on any atom is -0.352 e. The number of carbonyl (C=O) groups excluding carboxylic acids is 1. The zero-order chi connectivity index (χ0) is 20.8. The second kappa shape index (κ2) is 9.37. The third kappa shape index (κ3) is 5.67. The van der Waals surface area contributed by atoms with Gasteiger partial charge in [0.1, 0.15) is 12.7 Å². The Hall–Kier alpha value is -3.15. The number of rotatable bonds is 8. The van der Waals surface area contributed by atoms with Gasteiger partial charge in [0.05, 0.1) is 0 Å². The molecule has 0 aromatic carbocycles. The lowest BCUT2D eigenvalue weighted by Crippen LogP contribution is -2.25. The topological polar surface area (TPSA) is 118 Å². The molecule has 0 aliphatic heterocycles. The number of amides is 1. The number of hydrogen-bond acceptors (Lipinski definition) is 7. The van der Waals surface area contributed by atoms with Crippen LogP contribution in [0.25, 0.3) is 5.82 Å². The van der Waals surface area contributed by atoms with Crippen LogP contribution >= 0.6 is 11.8 Å². The third-order valence-electron chi connectivity index (χ3n) is 3.96. The molecule has 0 aliphatic rings. The molecule has 152 valence electrons. The van der Waals surface area contributed by atoms with Gasteiger partial charge in [-0.1, -0.05) is 6.07 Å². The molecule has 2 N–H and O–H groups in total. The summed E-state index contributed by atoms with van der Waals surface area (Å²) in [5.41, 5.74) is 0.919. The molecule has 0 atom stereocenters. The fraction of sp³-hybridized carbons (Fsp3) is 0.294. The van der Waals surface area contributed by atoms with Crippen molar-refractivity contribution in [2.45, 2.75) is 37.2 Å². The summed E-state index contributed by atoms with van der Waals surface area (Å²) in [6.45, 7) is 1.83. The lowest BCUT2D eigenvalue weighted by molar-refractivity contribution is -0.121. The van der Waals surface area contributed by atoms with Crippen molar-refractivity contribution in [3.63, 3.8) is 0 Å². The van der Waals surface area contributed by atoms with Crippen molar-refractivity contribution in [2.24, 2.45) is 0 Å². The Kier molecular flexibility index (Phi) is 6.65. The van der Waals surface area contributed by atoms with E-state index in [0.717, 1.165) is 5.56 Å². The molecule has 0 saturated heterocycles. The van der Waals surface area contributed by atoms with E-state index in [1.807, 2.05) is 6.07 Å². The van der Waals surface area contributed by atoms with Crippen molar-refractivity contribution < 1.29 is 13.6 Å². The molecule has 0 unspecified atom stereocenters. The second-order valence-electron chi connectivity index (χ2n) is 5.95. The van der Waals surface area contributed by atoms with E-state index in [0.29, 0.717) is 17.1 Å². The van der Waals surface area contributed by atoms with Gasteiger partial charge in [0, 0.05) is 30.4 Å². The Labute approximate surface area is 168 Å². The highest BCUT2D eigenvalue weighted by Crippen LogP contribution is 2.21. The van der Waals surface area contributed by atoms with Gasteiger partial charge in [-0.05, 0) is 36.7 Å². The molecule has 0 fully saturated rings. The van der Waals surface area contributed by atoms with Crippen LogP contribution < -0.4 is 10.9 Å². The van der Waals surface area contributed by atoms with Crippen molar-refractivity contribution in [1.82, 2.24) is 35.0 Å². The standard InChI is InChI=1S/C17H17F2N7O2S/c1-10-12(15(28)25-17(24-10)29-16(18)19)3-5-14(27)22-7-11-2-4-13(21-6-11)26-9-20-8-23-26/h2,4,6,8-9,16H,3,5,7H2,1H3,(H,22,27)(H,24,25,28). The van der Waals surface area contributed by atoms with Gasteiger partial charge in [0.2, 0.25) is 5.91 Å². The van der Waals surface area contributed by atoms with Gasteiger partial charge in [0.25, 0.3) is 11.3 Å². The second-order valence-corrected chi connectivity index (χ2v) is 6.93. The molecule has 3 aromatic heterocycles. The number of thioether (sulfide) groups is 1. The molecule has 3 rings (SSSR count). The van der Waals surface area contributed by atoms with Crippen LogP contribution in [0.15, 0.2) is 40.9 Å². The summed E-state index contributed by atoms with van der Waals surface area (Å²) >= 11 is 0.172. The molecule has 1 amide bonds. The smallest absolute Gasteiger partial charge is 0.291 e. The van der Waals surface area contributed by atoms with Crippen LogP contribution in [0.3, 0.4) is 0 Å². The van der Waals surface area contributed by atoms with E-state index in [2.05, 4.69) is 30.4 Å². The van der Waals surface area contributed by atoms with Gasteiger partial charge < -0.3 is 10.3 Å². The number of aromatic amines is 1. The molecule has 0 spiro atoms. The quantitative estimate of drug-likeness (QED) is 0.419. The summed E-state index contributed by atoms with van der Waals surface area (Å²) in [6.07, 6.45) is 4.78. The Balaban J connectivity index is 1.52. The van der Waals surface area contributed by atoms with Crippen molar-refractivity contribution in [2.75, 3.05) is 0 Å². The van der Waals surface area contributed by atoms with Crippen LogP contribution in [0, 0.1) is 6.92 Å². The SMILES string of the molecule is Cc1nc(SC(F)F)[nH]c(=O)c1CCC(=O)NCc1ccc(-n2cncn2)nc1. The maximum atomic E-state index is 12.4. The number of aryl methyl sites for hydroxylation is 1. The minimum atomic E-state index is -2.67. The molecule has 3 heterocycles. The van der Waals surface area contributed by atoms with Crippen molar-refractivity contribution >= 4 is 17.7 Å². The van der Waals surface area contributed by atoms with E-state index in [-0.39, 0.29) is 42.2 Å². The summed E-state index contributed by atoms with van der Waals surface area (Å²) in [7, 11) is 0. The van der Waals surface area contributed by atoms with Crippen LogP contribution in [0.4, 0.5) is 8.78 Å². The normalized spacial score (nSPS) is 11.0. The van der Waals surface area contributed by atoms with Gasteiger partial charge in [0.15, 0.2) is 11.0 Å². The van der Waals surface area contributed by atoms with Crippen LogP contribution in [-0.2, 0) is 17.8 Å². The van der Waals surface area contributed by atoms with Crippen LogP contribution in [0.5, 0.6) is 0 Å². The molecule has 29 heavy (non-hydrogen) atoms. The average molecular weight is 421 g/mol. The molecular weight excluding hydrogens is 404 g/mol. The fourth-order valence-corrected chi connectivity index (χ4v) is 3.04. The van der Waals surface area contributed by atoms with Gasteiger partial charge in [-0.2, -0.15) is 13.9 Å². The van der Waals surface area contributed by atoms with Crippen molar-refractivity contribution in [3.8, 4) is 5.82 Å². The highest BCUT2D eigenvalue weighted by atomic mass is 32.2. The predicted octanol–water partition coefficient (Wildman–Crippen LogP) is 1.62. The number of nitrogens with zero attached hydrogens (tertiary/aromatic N) is 5. The number of alkyl halides is 2. The Morgan fingerprint density at radius 3 is 2.83 bits per heavy atom. The lowest BCUT2D eigenvalue weighted by atomic mass is 10.1.